The predicted molar refractivity (Wildman–Crippen MR) is 36.3 cm³/mol. The molecule has 0 amide bonds. The van der Waals surface area contributed by atoms with Gasteiger partial charge >= 0.3 is 0 Å². The zero-order valence-electron chi connectivity index (χ0n) is 5.70. The van der Waals surface area contributed by atoms with Gasteiger partial charge in [0.1, 0.15) is 0 Å². The van der Waals surface area contributed by atoms with E-state index in [4.69, 9.17) is 5.73 Å². The fourth-order valence-corrected chi connectivity index (χ4v) is 0.440. The summed E-state index contributed by atoms with van der Waals surface area (Å²) in [6.45, 7) is 5.89. The molecular formula is C6H15N2. The maximum absolute atomic E-state index is 5.27. The molecule has 0 bridgehead atoms. The van der Waals surface area contributed by atoms with Crippen molar-refractivity contribution in [2.75, 3.05) is 13.1 Å². The van der Waals surface area contributed by atoms with Crippen molar-refractivity contribution in [3.63, 3.8) is 0 Å². The van der Waals surface area contributed by atoms with E-state index in [1.807, 2.05) is 0 Å². The third kappa shape index (κ3) is 5.92. The van der Waals surface area contributed by atoms with Gasteiger partial charge in [-0.15, -0.1) is 0 Å². The normalized spacial score (nSPS) is 10.5. The fourth-order valence-electron chi connectivity index (χ4n) is 0.440. The van der Waals surface area contributed by atoms with Crippen LogP contribution in [0.15, 0.2) is 0 Å². The minimum Gasteiger partial charge on any atom is -0.330 e. The Labute approximate surface area is 51.5 Å². The molecule has 8 heavy (non-hydrogen) atoms. The monoisotopic (exact) mass is 115 g/mol. The predicted octanol–water partition coefficient (Wildman–Crippen LogP) is 0.497. The Morgan fingerprint density at radius 2 is 2.12 bits per heavy atom. The van der Waals surface area contributed by atoms with Crippen molar-refractivity contribution in [3.05, 3.63) is 6.04 Å². The summed E-state index contributed by atoms with van der Waals surface area (Å²) < 4.78 is 0. The summed E-state index contributed by atoms with van der Waals surface area (Å²) in [4.78, 5) is 0. The average Bonchev–Trinajstić information content (AvgIpc) is 1.66. The first-order valence-electron chi connectivity index (χ1n) is 3.01. The minimum atomic E-state index is 0.778. The first-order chi connectivity index (χ1) is 3.77. The van der Waals surface area contributed by atoms with Gasteiger partial charge in [-0.1, -0.05) is 0 Å². The van der Waals surface area contributed by atoms with Crippen molar-refractivity contribution in [2.45, 2.75) is 20.3 Å². The molecule has 3 N–H and O–H groups in total. The van der Waals surface area contributed by atoms with Crippen molar-refractivity contribution in [1.82, 2.24) is 5.32 Å². The summed E-state index contributed by atoms with van der Waals surface area (Å²) in [5.74, 6) is 0. The molecule has 0 aliphatic rings. The van der Waals surface area contributed by atoms with Crippen molar-refractivity contribution in [3.8, 4) is 0 Å². The number of nitrogens with one attached hydrogen (secondary N) is 1. The van der Waals surface area contributed by atoms with Gasteiger partial charge in [0, 0.05) is 6.04 Å². The lowest BCUT2D eigenvalue weighted by atomic mass is 10.3. The quantitative estimate of drug-likeness (QED) is 0.523. The summed E-state index contributed by atoms with van der Waals surface area (Å²) in [5.41, 5.74) is 5.27. The lowest BCUT2D eigenvalue weighted by molar-refractivity contribution is 0.672. The van der Waals surface area contributed by atoms with Gasteiger partial charge < -0.3 is 11.1 Å². The first kappa shape index (κ1) is 7.92. The van der Waals surface area contributed by atoms with E-state index in [0.717, 1.165) is 19.5 Å². The van der Waals surface area contributed by atoms with Crippen LogP contribution >= 0.6 is 0 Å². The molecule has 0 aliphatic carbocycles. The molecule has 0 heterocycles. The van der Waals surface area contributed by atoms with E-state index in [1.165, 1.54) is 6.04 Å². The van der Waals surface area contributed by atoms with E-state index in [9.17, 15) is 0 Å². The highest BCUT2D eigenvalue weighted by atomic mass is 14.9. The molecule has 2 heteroatoms. The van der Waals surface area contributed by atoms with Crippen LogP contribution in [0.25, 0.3) is 0 Å². The molecule has 0 aliphatic heterocycles. The Morgan fingerprint density at radius 1 is 1.50 bits per heavy atom. The van der Waals surface area contributed by atoms with Crippen LogP contribution in [0, 0.1) is 6.04 Å². The van der Waals surface area contributed by atoms with Crippen LogP contribution < -0.4 is 11.1 Å². The fraction of sp³-hybridized carbons (Fsp3) is 0.833. The zero-order chi connectivity index (χ0) is 6.41. The molecule has 0 unspecified atom stereocenters. The van der Waals surface area contributed by atoms with Gasteiger partial charge in [-0.25, -0.2) is 0 Å². The van der Waals surface area contributed by atoms with Gasteiger partial charge in [0.25, 0.3) is 0 Å². The topological polar surface area (TPSA) is 38.0 Å². The second-order valence-electron chi connectivity index (χ2n) is 2.07. The molecule has 0 aromatic rings. The van der Waals surface area contributed by atoms with Gasteiger partial charge in [0.05, 0.1) is 0 Å². The van der Waals surface area contributed by atoms with E-state index in [0.29, 0.717) is 0 Å². The van der Waals surface area contributed by atoms with Crippen molar-refractivity contribution >= 4 is 0 Å². The Balaban J connectivity index is 2.72. The second-order valence-corrected chi connectivity index (χ2v) is 2.07. The standard InChI is InChI=1S/C6H15N2/c1-6(2)8-5-3-4-7/h8H,3-5,7H2,1-2H3. The first-order valence-corrected chi connectivity index (χ1v) is 3.01. The molecule has 0 spiro atoms. The van der Waals surface area contributed by atoms with Crippen molar-refractivity contribution in [2.24, 2.45) is 5.73 Å². The number of nitrogens with two attached hydrogens (primary N) is 1. The van der Waals surface area contributed by atoms with Crippen LogP contribution in [0.5, 0.6) is 0 Å². The van der Waals surface area contributed by atoms with Crippen molar-refractivity contribution in [1.29, 1.82) is 0 Å². The molecule has 1 radical (unpaired) electrons. The van der Waals surface area contributed by atoms with E-state index < -0.39 is 0 Å². The average molecular weight is 115 g/mol. The molecule has 0 fully saturated rings. The summed E-state index contributed by atoms with van der Waals surface area (Å²) >= 11 is 0. The van der Waals surface area contributed by atoms with Crippen LogP contribution in [-0.2, 0) is 0 Å². The Kier molecular flexibility index (Phi) is 5.01. The number of rotatable bonds is 4. The minimum absolute atomic E-state index is 0.778. The largest absolute Gasteiger partial charge is 0.330 e. The van der Waals surface area contributed by atoms with Crippen LogP contribution in [0.4, 0.5) is 0 Å². The van der Waals surface area contributed by atoms with E-state index in [2.05, 4.69) is 19.2 Å². The summed E-state index contributed by atoms with van der Waals surface area (Å²) in [7, 11) is 0. The molecule has 0 saturated heterocycles. The van der Waals surface area contributed by atoms with Crippen LogP contribution in [0.3, 0.4) is 0 Å². The molecule has 2 nitrogen and oxygen atoms in total. The molecular weight excluding hydrogens is 100 g/mol. The summed E-state index contributed by atoms with van der Waals surface area (Å²) in [5, 5.41) is 3.18. The molecule has 0 atom stereocenters. The second kappa shape index (κ2) is 5.06. The molecule has 49 valence electrons. The summed E-state index contributed by atoms with van der Waals surface area (Å²) in [6, 6.07) is 1.26. The van der Waals surface area contributed by atoms with Gasteiger partial charge in [0.2, 0.25) is 0 Å². The van der Waals surface area contributed by atoms with Crippen LogP contribution in [0.1, 0.15) is 20.3 Å². The third-order valence-corrected chi connectivity index (χ3v) is 0.859. The highest BCUT2D eigenvalue weighted by Crippen LogP contribution is 1.85. The maximum Gasteiger partial charge on any atom is 0.0301 e. The Morgan fingerprint density at radius 3 is 2.50 bits per heavy atom. The van der Waals surface area contributed by atoms with Crippen molar-refractivity contribution < 1.29 is 0 Å². The van der Waals surface area contributed by atoms with Gasteiger partial charge in [-0.3, -0.25) is 0 Å². The number of hydrogen-bond donors (Lipinski definition) is 2. The maximum atomic E-state index is 5.27. The highest BCUT2D eigenvalue weighted by molar-refractivity contribution is 4.71. The van der Waals surface area contributed by atoms with Gasteiger partial charge in [0.15, 0.2) is 0 Å². The smallest absolute Gasteiger partial charge is 0.0301 e. The number of hydrogen-bond acceptors (Lipinski definition) is 2. The molecule has 0 aromatic heterocycles. The SMILES string of the molecule is C[C](C)NCCCN. The van der Waals surface area contributed by atoms with Crippen LogP contribution in [-0.4, -0.2) is 13.1 Å². The van der Waals surface area contributed by atoms with E-state index in [1.54, 1.807) is 0 Å². The molecule has 0 rings (SSSR count). The van der Waals surface area contributed by atoms with Crippen LogP contribution in [0.2, 0.25) is 0 Å². The van der Waals surface area contributed by atoms with E-state index >= 15 is 0 Å². The molecule has 0 aromatic carbocycles. The van der Waals surface area contributed by atoms with E-state index in [-0.39, 0.29) is 0 Å². The summed E-state index contributed by atoms with van der Waals surface area (Å²) in [6.07, 6.45) is 1.06. The van der Waals surface area contributed by atoms with Gasteiger partial charge in [-0.2, -0.15) is 0 Å². The lowest BCUT2D eigenvalue weighted by Crippen LogP contribution is -2.19. The Hall–Kier alpha value is -0.0800. The third-order valence-electron chi connectivity index (χ3n) is 0.859. The van der Waals surface area contributed by atoms with Gasteiger partial charge in [-0.05, 0) is 33.4 Å². The molecule has 0 saturated carbocycles. The Bertz CT molecular complexity index is 43.8. The highest BCUT2D eigenvalue weighted by Gasteiger charge is 1.88. The zero-order valence-corrected chi connectivity index (χ0v) is 5.70. The lowest BCUT2D eigenvalue weighted by Gasteiger charge is -2.04.